The SMILES string of the molecule is CC1=C(C)N(c2c(C)cc(C)cc2C)[CH-]N1c1[c-]c(N2C=CN(c3c(C)cc(C)cc3C)[CH-]2)ccc1.[C-]#N.[Pt+4]. The van der Waals surface area contributed by atoms with Crippen molar-refractivity contribution in [3.05, 3.63) is 126 Å². The van der Waals surface area contributed by atoms with E-state index in [1.807, 2.05) is 0 Å². The van der Waals surface area contributed by atoms with Gasteiger partial charge in [-0.05, 0) is 90.0 Å². The Balaban J connectivity index is 0.00000137. The molecule has 0 radical (unpaired) electrons. The van der Waals surface area contributed by atoms with Gasteiger partial charge in [0, 0.05) is 22.8 Å². The Bertz CT molecular complexity index is 1410. The van der Waals surface area contributed by atoms with Crippen molar-refractivity contribution in [3.63, 3.8) is 0 Å². The molecule has 2 aliphatic heterocycles. The van der Waals surface area contributed by atoms with Crippen LogP contribution in [0.15, 0.2) is 66.3 Å². The summed E-state index contributed by atoms with van der Waals surface area (Å²) < 4.78 is 0. The molecule has 2 heterocycles. The van der Waals surface area contributed by atoms with E-state index in [1.54, 1.807) is 0 Å². The van der Waals surface area contributed by atoms with Crippen LogP contribution < -0.4 is 19.6 Å². The van der Waals surface area contributed by atoms with Gasteiger partial charge in [0.25, 0.3) is 0 Å². The standard InChI is InChI=1S/C32H35N4.CN.Pt/c1-21-14-23(3)31(24(4)15-21)34-13-12-33(19-34)29-10-9-11-30(18-29)35-20-36(28(8)27(35)7)32-25(5)16-22(2)17-26(32)6;1-2;/h9-17,19-20H,1-8H3;;/q-3;-1;+4. The van der Waals surface area contributed by atoms with E-state index in [2.05, 4.69) is 149 Å². The van der Waals surface area contributed by atoms with Crippen LogP contribution in [0.4, 0.5) is 22.7 Å². The smallest absolute Gasteiger partial charge is 0.512 e. The van der Waals surface area contributed by atoms with E-state index in [0.717, 1.165) is 11.4 Å². The summed E-state index contributed by atoms with van der Waals surface area (Å²) in [6, 6.07) is 19.0. The molecule has 39 heavy (non-hydrogen) atoms. The average Bonchev–Trinajstić information content (AvgIpc) is 3.45. The molecule has 3 aromatic carbocycles. The Morgan fingerprint density at radius 2 is 1.08 bits per heavy atom. The van der Waals surface area contributed by atoms with Gasteiger partial charge in [-0.25, -0.2) is 0 Å². The molecule has 5 nitrogen and oxygen atoms in total. The number of nitrogens with zero attached hydrogens (tertiary/aromatic N) is 5. The molecule has 2 aliphatic rings. The Hall–Kier alpha value is -3.48. The Labute approximate surface area is 248 Å². The monoisotopic (exact) mass is 696 g/mol. The summed E-state index contributed by atoms with van der Waals surface area (Å²) in [4.78, 5) is 8.89. The third-order valence-corrected chi connectivity index (χ3v) is 7.19. The second-order valence-corrected chi connectivity index (χ2v) is 10.2. The summed E-state index contributed by atoms with van der Waals surface area (Å²) >= 11 is 0. The van der Waals surface area contributed by atoms with Crippen molar-refractivity contribution in [1.82, 2.24) is 0 Å². The molecule has 3 aromatic rings. The van der Waals surface area contributed by atoms with Crippen LogP contribution in [0.25, 0.3) is 0 Å². The van der Waals surface area contributed by atoms with Crippen molar-refractivity contribution < 1.29 is 21.1 Å². The van der Waals surface area contributed by atoms with E-state index in [9.17, 15) is 0 Å². The molecule has 0 aliphatic carbocycles. The van der Waals surface area contributed by atoms with Crippen molar-refractivity contribution in [1.29, 1.82) is 5.26 Å². The molecule has 0 atom stereocenters. The van der Waals surface area contributed by atoms with Crippen LogP contribution in [0.3, 0.4) is 0 Å². The van der Waals surface area contributed by atoms with Gasteiger partial charge in [-0.1, -0.05) is 35.4 Å². The Kier molecular flexibility index (Phi) is 9.36. The van der Waals surface area contributed by atoms with Crippen LogP contribution in [0.5, 0.6) is 0 Å². The second kappa shape index (κ2) is 12.1. The minimum absolute atomic E-state index is 0. The van der Waals surface area contributed by atoms with E-state index in [-0.39, 0.29) is 21.1 Å². The fourth-order valence-corrected chi connectivity index (χ4v) is 5.60. The third kappa shape index (κ3) is 5.77. The first kappa shape index (κ1) is 30.1. The molecule has 0 saturated heterocycles. The molecule has 202 valence electrons. The maximum Gasteiger partial charge on any atom is 4.00 e. The zero-order chi connectivity index (χ0) is 27.7. The third-order valence-electron chi connectivity index (χ3n) is 7.19. The first-order valence-electron chi connectivity index (χ1n) is 12.8. The molecule has 0 N–H and O–H groups in total. The average molecular weight is 697 g/mol. The van der Waals surface area contributed by atoms with Gasteiger partial charge in [0.05, 0.1) is 0 Å². The van der Waals surface area contributed by atoms with Gasteiger partial charge in [-0.2, -0.15) is 6.07 Å². The van der Waals surface area contributed by atoms with E-state index < -0.39 is 0 Å². The topological polar surface area (TPSA) is 36.8 Å². The molecule has 0 aromatic heterocycles. The minimum Gasteiger partial charge on any atom is -0.512 e. The maximum atomic E-state index is 6.25. The van der Waals surface area contributed by atoms with Gasteiger partial charge >= 0.3 is 21.1 Å². The first-order chi connectivity index (χ1) is 18.1. The summed E-state index contributed by atoms with van der Waals surface area (Å²) in [6.45, 7) is 26.5. The summed E-state index contributed by atoms with van der Waals surface area (Å²) in [5.74, 6) is 0. The number of hydrogen-bond acceptors (Lipinski definition) is 5. The van der Waals surface area contributed by atoms with Gasteiger partial charge < -0.3 is 31.4 Å². The quantitative estimate of drug-likeness (QED) is 0.258. The molecule has 0 bridgehead atoms. The summed E-state index contributed by atoms with van der Waals surface area (Å²) in [7, 11) is 0. The van der Waals surface area contributed by atoms with Gasteiger partial charge in [0.15, 0.2) is 0 Å². The van der Waals surface area contributed by atoms with Crippen molar-refractivity contribution in [2.75, 3.05) is 19.6 Å². The summed E-state index contributed by atoms with van der Waals surface area (Å²) in [5.41, 5.74) is 14.7. The van der Waals surface area contributed by atoms with Gasteiger partial charge in [-0.15, -0.1) is 42.9 Å². The summed E-state index contributed by atoms with van der Waals surface area (Å²) in [5, 5.41) is 6.25. The molecular formula is C33H35N5Pt. The van der Waals surface area contributed by atoms with Crippen LogP contribution in [0.2, 0.25) is 0 Å². The van der Waals surface area contributed by atoms with Gasteiger partial charge in [0.2, 0.25) is 0 Å². The first-order valence-corrected chi connectivity index (χ1v) is 12.8. The molecule has 5 rings (SSSR count). The molecule has 0 unspecified atom stereocenters. The van der Waals surface area contributed by atoms with E-state index >= 15 is 0 Å². The van der Waals surface area contributed by atoms with Crippen LogP contribution >= 0.6 is 0 Å². The number of hydrogen-bond donors (Lipinski definition) is 0. The van der Waals surface area contributed by atoms with Crippen LogP contribution in [0.1, 0.15) is 47.2 Å². The van der Waals surface area contributed by atoms with Crippen LogP contribution in [-0.2, 0) is 21.1 Å². The molecule has 0 amide bonds. The van der Waals surface area contributed by atoms with Crippen molar-refractivity contribution in [2.45, 2.75) is 55.4 Å². The van der Waals surface area contributed by atoms with Gasteiger partial charge in [-0.3, -0.25) is 0 Å². The van der Waals surface area contributed by atoms with E-state index in [4.69, 9.17) is 11.8 Å². The number of rotatable bonds is 4. The minimum atomic E-state index is 0. The molecule has 6 heteroatoms. The number of benzene rings is 3. The van der Waals surface area contributed by atoms with Crippen molar-refractivity contribution in [2.24, 2.45) is 0 Å². The molecule has 0 fully saturated rings. The fraction of sp³-hybridized carbons (Fsp3) is 0.242. The molecule has 0 saturated carbocycles. The van der Waals surface area contributed by atoms with Crippen LogP contribution in [0, 0.1) is 72.8 Å². The number of allylic oxidation sites excluding steroid dienone is 2. The second-order valence-electron chi connectivity index (χ2n) is 10.2. The Morgan fingerprint density at radius 3 is 1.64 bits per heavy atom. The largest absolute Gasteiger partial charge is 4.00 e. The Morgan fingerprint density at radius 1 is 0.615 bits per heavy atom. The molecule has 0 spiro atoms. The zero-order valence-corrected chi connectivity index (χ0v) is 26.2. The van der Waals surface area contributed by atoms with Crippen molar-refractivity contribution in [3.8, 4) is 0 Å². The van der Waals surface area contributed by atoms with E-state index in [0.29, 0.717) is 0 Å². The van der Waals surface area contributed by atoms with Gasteiger partial charge in [0.1, 0.15) is 0 Å². The summed E-state index contributed by atoms with van der Waals surface area (Å²) in [6.07, 6.45) is 4.22. The van der Waals surface area contributed by atoms with Crippen molar-refractivity contribution >= 4 is 22.7 Å². The molecular weight excluding hydrogens is 661 g/mol. The predicted octanol–water partition coefficient (Wildman–Crippen LogP) is 8.05. The maximum absolute atomic E-state index is 6.25. The number of aryl methyl sites for hydroxylation is 6. The number of anilines is 4. The zero-order valence-electron chi connectivity index (χ0n) is 23.9. The fourth-order valence-electron chi connectivity index (χ4n) is 5.60. The van der Waals surface area contributed by atoms with E-state index in [1.165, 1.54) is 56.1 Å². The normalized spacial score (nSPS) is 14.5. The predicted molar refractivity (Wildman–Crippen MR) is 158 cm³/mol. The van der Waals surface area contributed by atoms with Crippen LogP contribution in [-0.4, -0.2) is 0 Å².